The molecule has 0 fully saturated rings. The van der Waals surface area contributed by atoms with Gasteiger partial charge in [-0.1, -0.05) is 35.1 Å². The van der Waals surface area contributed by atoms with Crippen LogP contribution in [0.1, 0.15) is 5.76 Å². The van der Waals surface area contributed by atoms with Crippen molar-refractivity contribution in [2.45, 2.75) is 0 Å². The fourth-order valence-corrected chi connectivity index (χ4v) is 3.66. The molecule has 0 atom stereocenters. The Morgan fingerprint density at radius 2 is 2.07 bits per heavy atom. The number of nitriles is 1. The van der Waals surface area contributed by atoms with Crippen LogP contribution >= 0.6 is 22.9 Å². The molecule has 0 bridgehead atoms. The van der Waals surface area contributed by atoms with E-state index in [0.29, 0.717) is 22.2 Å². The average molecular weight is 424 g/mol. The molecule has 2 heterocycles. The lowest BCUT2D eigenvalue weighted by Gasteiger charge is -2.00. The van der Waals surface area contributed by atoms with Crippen molar-refractivity contribution in [2.75, 3.05) is 5.32 Å². The van der Waals surface area contributed by atoms with Crippen LogP contribution in [0.25, 0.3) is 27.6 Å². The van der Waals surface area contributed by atoms with Gasteiger partial charge in [-0.3, -0.25) is 10.1 Å². The van der Waals surface area contributed by atoms with Crippen LogP contribution in [0.4, 0.5) is 9.52 Å². The van der Waals surface area contributed by atoms with Crippen molar-refractivity contribution in [1.82, 2.24) is 4.98 Å². The molecule has 142 valence electrons. The smallest absolute Gasteiger partial charge is 0.268 e. The van der Waals surface area contributed by atoms with Crippen LogP contribution in [0.3, 0.4) is 0 Å². The quantitative estimate of drug-likeness (QED) is 0.327. The third-order valence-corrected chi connectivity index (χ3v) is 5.24. The third kappa shape index (κ3) is 4.04. The molecule has 2 aromatic carbocycles. The van der Waals surface area contributed by atoms with Crippen LogP contribution < -0.4 is 5.32 Å². The Morgan fingerprint density at radius 3 is 2.83 bits per heavy atom. The SMILES string of the molecule is N#C/C(=C\c1ccc(-c2ccc(F)c(Cl)c2)o1)C(=O)Nc1nc2ccccc2s1. The maximum atomic E-state index is 13.3. The van der Waals surface area contributed by atoms with E-state index < -0.39 is 11.7 Å². The zero-order valence-electron chi connectivity index (χ0n) is 14.6. The van der Waals surface area contributed by atoms with E-state index in [9.17, 15) is 14.4 Å². The summed E-state index contributed by atoms with van der Waals surface area (Å²) in [4.78, 5) is 16.8. The van der Waals surface area contributed by atoms with Crippen molar-refractivity contribution in [3.8, 4) is 17.4 Å². The highest BCUT2D eigenvalue weighted by atomic mass is 35.5. The number of nitrogens with zero attached hydrogens (tertiary/aromatic N) is 2. The van der Waals surface area contributed by atoms with Crippen molar-refractivity contribution in [1.29, 1.82) is 5.26 Å². The highest BCUT2D eigenvalue weighted by molar-refractivity contribution is 7.22. The van der Waals surface area contributed by atoms with Gasteiger partial charge in [0.1, 0.15) is 29.0 Å². The maximum Gasteiger partial charge on any atom is 0.268 e. The lowest BCUT2D eigenvalue weighted by molar-refractivity contribution is -0.112. The number of halogens is 2. The Balaban J connectivity index is 1.55. The number of carbonyl (C=O) groups excluding carboxylic acids is 1. The number of thiazole rings is 1. The number of benzene rings is 2. The molecule has 0 aliphatic heterocycles. The van der Waals surface area contributed by atoms with Crippen LogP contribution in [-0.2, 0) is 4.79 Å². The normalized spacial score (nSPS) is 11.4. The van der Waals surface area contributed by atoms with Crippen LogP contribution in [0.2, 0.25) is 5.02 Å². The van der Waals surface area contributed by atoms with Crippen molar-refractivity contribution in [2.24, 2.45) is 0 Å². The van der Waals surface area contributed by atoms with Gasteiger partial charge in [0, 0.05) is 11.6 Å². The highest BCUT2D eigenvalue weighted by Crippen LogP contribution is 2.28. The second kappa shape index (κ2) is 7.87. The molecule has 0 radical (unpaired) electrons. The maximum absolute atomic E-state index is 13.3. The van der Waals surface area contributed by atoms with E-state index in [0.717, 1.165) is 10.2 Å². The van der Waals surface area contributed by atoms with Gasteiger partial charge in [-0.05, 0) is 42.5 Å². The van der Waals surface area contributed by atoms with E-state index in [1.807, 2.05) is 30.3 Å². The molecule has 2 aromatic heterocycles. The number of amides is 1. The van der Waals surface area contributed by atoms with Gasteiger partial charge in [0.25, 0.3) is 5.91 Å². The second-order valence-corrected chi connectivity index (χ2v) is 7.38. The van der Waals surface area contributed by atoms with Gasteiger partial charge in [0.05, 0.1) is 15.2 Å². The third-order valence-electron chi connectivity index (χ3n) is 4.00. The zero-order valence-corrected chi connectivity index (χ0v) is 16.2. The molecule has 0 saturated heterocycles. The average Bonchev–Trinajstić information content (AvgIpc) is 3.34. The van der Waals surface area contributed by atoms with Crippen molar-refractivity contribution in [3.05, 3.63) is 76.8 Å². The van der Waals surface area contributed by atoms with Gasteiger partial charge >= 0.3 is 0 Å². The van der Waals surface area contributed by atoms with Gasteiger partial charge in [0.15, 0.2) is 5.13 Å². The molecule has 0 spiro atoms. The summed E-state index contributed by atoms with van der Waals surface area (Å²) in [6.45, 7) is 0. The fourth-order valence-electron chi connectivity index (χ4n) is 2.62. The fraction of sp³-hybridized carbons (Fsp3) is 0. The lowest BCUT2D eigenvalue weighted by atomic mass is 10.2. The second-order valence-electron chi connectivity index (χ2n) is 5.94. The van der Waals surface area contributed by atoms with E-state index in [2.05, 4.69) is 10.3 Å². The van der Waals surface area contributed by atoms with E-state index in [4.69, 9.17) is 16.0 Å². The van der Waals surface area contributed by atoms with Crippen LogP contribution in [0.15, 0.2) is 64.6 Å². The number of carbonyl (C=O) groups is 1. The summed E-state index contributed by atoms with van der Waals surface area (Å²) in [5.41, 5.74) is 1.21. The molecule has 5 nitrogen and oxygen atoms in total. The van der Waals surface area contributed by atoms with Gasteiger partial charge in [0.2, 0.25) is 0 Å². The molecule has 0 unspecified atom stereocenters. The number of hydrogen-bond donors (Lipinski definition) is 1. The van der Waals surface area contributed by atoms with Gasteiger partial charge in [-0.15, -0.1) is 0 Å². The standard InChI is InChI=1S/C21H11ClFN3O2S/c22-15-10-12(5-7-16(15)23)18-8-6-14(28-18)9-13(11-24)20(27)26-21-25-17-3-1-2-4-19(17)29-21/h1-10H,(H,25,26,27)/b13-9+. The topological polar surface area (TPSA) is 78.9 Å². The van der Waals surface area contributed by atoms with E-state index in [-0.39, 0.29) is 10.6 Å². The summed E-state index contributed by atoms with van der Waals surface area (Å²) < 4.78 is 19.9. The molecule has 1 N–H and O–H groups in total. The predicted octanol–water partition coefficient (Wildman–Crippen LogP) is 5.89. The van der Waals surface area contributed by atoms with Crippen molar-refractivity contribution >= 4 is 50.3 Å². The number of hydrogen-bond acceptors (Lipinski definition) is 5. The first-order valence-corrected chi connectivity index (χ1v) is 9.57. The summed E-state index contributed by atoms with van der Waals surface area (Å²) in [5.74, 6) is -0.381. The molecule has 29 heavy (non-hydrogen) atoms. The van der Waals surface area contributed by atoms with Gasteiger partial charge < -0.3 is 4.42 Å². The number of furan rings is 1. The molecule has 4 aromatic rings. The number of anilines is 1. The summed E-state index contributed by atoms with van der Waals surface area (Å²) >= 11 is 7.11. The lowest BCUT2D eigenvalue weighted by Crippen LogP contribution is -2.13. The number of aromatic nitrogens is 1. The highest BCUT2D eigenvalue weighted by Gasteiger charge is 2.14. The van der Waals surface area contributed by atoms with Crippen LogP contribution in [0.5, 0.6) is 0 Å². The predicted molar refractivity (Wildman–Crippen MR) is 111 cm³/mol. The molecule has 8 heteroatoms. The zero-order chi connectivity index (χ0) is 20.4. The summed E-state index contributed by atoms with van der Waals surface area (Å²) in [6, 6.07) is 16.8. The van der Waals surface area contributed by atoms with E-state index >= 15 is 0 Å². The van der Waals surface area contributed by atoms with Crippen LogP contribution in [-0.4, -0.2) is 10.9 Å². The first kappa shape index (κ1) is 18.9. The minimum absolute atomic E-state index is 0.0241. The summed E-state index contributed by atoms with van der Waals surface area (Å²) in [7, 11) is 0. The molecular formula is C21H11ClFN3O2S. The molecular weight excluding hydrogens is 413 g/mol. The Morgan fingerprint density at radius 1 is 1.24 bits per heavy atom. The van der Waals surface area contributed by atoms with Crippen LogP contribution in [0, 0.1) is 17.1 Å². The summed E-state index contributed by atoms with van der Waals surface area (Å²) in [6.07, 6.45) is 1.33. The minimum atomic E-state index is -0.589. The number of nitrogens with one attached hydrogen (secondary N) is 1. The van der Waals surface area contributed by atoms with Crippen molar-refractivity contribution in [3.63, 3.8) is 0 Å². The largest absolute Gasteiger partial charge is 0.457 e. The van der Waals surface area contributed by atoms with E-state index in [1.54, 1.807) is 12.1 Å². The molecule has 1 amide bonds. The Bertz CT molecular complexity index is 1270. The van der Waals surface area contributed by atoms with Gasteiger partial charge in [-0.2, -0.15) is 5.26 Å². The molecule has 0 saturated carbocycles. The van der Waals surface area contributed by atoms with E-state index in [1.165, 1.54) is 35.6 Å². The minimum Gasteiger partial charge on any atom is -0.457 e. The number of fused-ring (bicyclic) bond motifs is 1. The Kier molecular flexibility index (Phi) is 5.12. The summed E-state index contributed by atoms with van der Waals surface area (Å²) in [5, 5.41) is 12.4. The molecule has 4 rings (SSSR count). The van der Waals surface area contributed by atoms with Gasteiger partial charge in [-0.25, -0.2) is 9.37 Å². The number of rotatable bonds is 4. The molecule has 0 aliphatic carbocycles. The first-order chi connectivity index (χ1) is 14.0. The Labute approximate surface area is 173 Å². The number of para-hydroxylation sites is 1. The first-order valence-electron chi connectivity index (χ1n) is 8.37. The van der Waals surface area contributed by atoms with Crippen molar-refractivity contribution < 1.29 is 13.6 Å². The Hall–Kier alpha value is -3.47. The molecule has 0 aliphatic rings. The monoisotopic (exact) mass is 423 g/mol.